The highest BCUT2D eigenvalue weighted by Crippen LogP contribution is 2.08. The van der Waals surface area contributed by atoms with E-state index in [-0.39, 0.29) is 0 Å². The van der Waals surface area contributed by atoms with Gasteiger partial charge in [-0.3, -0.25) is 0 Å². The molecule has 0 spiro atoms. The van der Waals surface area contributed by atoms with Crippen LogP contribution in [0.2, 0.25) is 0 Å². The fourth-order valence-corrected chi connectivity index (χ4v) is 1.48. The van der Waals surface area contributed by atoms with E-state index in [0.717, 1.165) is 44.4 Å². The summed E-state index contributed by atoms with van der Waals surface area (Å²) in [7, 11) is 0. The molecule has 4 heteroatoms. The standard InChI is InChI=1S/C11H21N3O/c1-4-7-14-9-10(3)13-11(14)12-6-8-15-5-2/h9H,4-8H2,1-3H3,(H,12,13). The second-order valence-electron chi connectivity index (χ2n) is 3.52. The van der Waals surface area contributed by atoms with Crippen LogP contribution in [-0.4, -0.2) is 29.3 Å². The average molecular weight is 211 g/mol. The van der Waals surface area contributed by atoms with Gasteiger partial charge in [0.05, 0.1) is 12.3 Å². The molecule has 0 amide bonds. The summed E-state index contributed by atoms with van der Waals surface area (Å²) in [6.07, 6.45) is 3.20. The molecular formula is C11H21N3O. The first kappa shape index (κ1) is 12.0. The minimum Gasteiger partial charge on any atom is -0.380 e. The van der Waals surface area contributed by atoms with Crippen molar-refractivity contribution in [3.05, 3.63) is 11.9 Å². The number of aromatic nitrogens is 2. The molecule has 0 aliphatic rings. The van der Waals surface area contributed by atoms with Crippen LogP contribution in [-0.2, 0) is 11.3 Å². The zero-order valence-corrected chi connectivity index (χ0v) is 9.92. The van der Waals surface area contributed by atoms with Gasteiger partial charge in [-0.25, -0.2) is 4.98 Å². The van der Waals surface area contributed by atoms with Crippen LogP contribution in [0.4, 0.5) is 5.95 Å². The summed E-state index contributed by atoms with van der Waals surface area (Å²) >= 11 is 0. The number of aryl methyl sites for hydroxylation is 2. The van der Waals surface area contributed by atoms with Crippen LogP contribution in [0.5, 0.6) is 0 Å². The van der Waals surface area contributed by atoms with Gasteiger partial charge in [-0.1, -0.05) is 6.92 Å². The molecule has 0 aliphatic carbocycles. The lowest BCUT2D eigenvalue weighted by Gasteiger charge is -2.08. The molecule has 0 radical (unpaired) electrons. The summed E-state index contributed by atoms with van der Waals surface area (Å²) in [5.74, 6) is 0.953. The fourth-order valence-electron chi connectivity index (χ4n) is 1.48. The number of hydrogen-bond donors (Lipinski definition) is 1. The summed E-state index contributed by atoms with van der Waals surface area (Å²) in [5.41, 5.74) is 1.06. The van der Waals surface area contributed by atoms with E-state index in [1.807, 2.05) is 13.8 Å². The molecule has 15 heavy (non-hydrogen) atoms. The summed E-state index contributed by atoms with van der Waals surface area (Å²) in [5, 5.41) is 3.28. The molecule has 0 saturated carbocycles. The Labute approximate surface area is 91.7 Å². The van der Waals surface area contributed by atoms with Crippen LogP contribution < -0.4 is 5.32 Å². The van der Waals surface area contributed by atoms with Gasteiger partial charge in [0.2, 0.25) is 5.95 Å². The molecule has 1 heterocycles. The van der Waals surface area contributed by atoms with Crippen molar-refractivity contribution in [1.82, 2.24) is 9.55 Å². The fraction of sp³-hybridized carbons (Fsp3) is 0.727. The number of nitrogens with one attached hydrogen (secondary N) is 1. The quantitative estimate of drug-likeness (QED) is 0.702. The van der Waals surface area contributed by atoms with Crippen molar-refractivity contribution in [2.24, 2.45) is 0 Å². The van der Waals surface area contributed by atoms with Crippen molar-refractivity contribution in [3.63, 3.8) is 0 Å². The molecule has 1 rings (SSSR count). The maximum absolute atomic E-state index is 5.26. The molecule has 0 aliphatic heterocycles. The Morgan fingerprint density at radius 3 is 2.93 bits per heavy atom. The molecular weight excluding hydrogens is 190 g/mol. The van der Waals surface area contributed by atoms with E-state index in [0.29, 0.717) is 0 Å². The predicted octanol–water partition coefficient (Wildman–Crippen LogP) is 2.05. The van der Waals surface area contributed by atoms with E-state index < -0.39 is 0 Å². The highest BCUT2D eigenvalue weighted by molar-refractivity contribution is 5.28. The van der Waals surface area contributed by atoms with Crippen molar-refractivity contribution < 1.29 is 4.74 Å². The number of ether oxygens (including phenoxy) is 1. The minimum atomic E-state index is 0.731. The van der Waals surface area contributed by atoms with Crippen molar-refractivity contribution in [1.29, 1.82) is 0 Å². The first-order valence-corrected chi connectivity index (χ1v) is 5.63. The number of imidazole rings is 1. The number of hydrogen-bond acceptors (Lipinski definition) is 3. The SMILES string of the molecule is CCCn1cc(C)nc1NCCOCC. The molecule has 0 bridgehead atoms. The number of rotatable bonds is 7. The molecule has 1 N–H and O–H groups in total. The Balaban J connectivity index is 2.44. The maximum Gasteiger partial charge on any atom is 0.203 e. The lowest BCUT2D eigenvalue weighted by Crippen LogP contribution is -2.13. The zero-order chi connectivity index (χ0) is 11.1. The molecule has 1 aromatic heterocycles. The largest absolute Gasteiger partial charge is 0.380 e. The lowest BCUT2D eigenvalue weighted by molar-refractivity contribution is 0.158. The molecule has 0 unspecified atom stereocenters. The van der Waals surface area contributed by atoms with Gasteiger partial charge >= 0.3 is 0 Å². The Bertz CT molecular complexity index is 283. The first-order chi connectivity index (χ1) is 7.27. The van der Waals surface area contributed by atoms with E-state index in [4.69, 9.17) is 4.74 Å². The Morgan fingerprint density at radius 1 is 1.47 bits per heavy atom. The van der Waals surface area contributed by atoms with Crippen LogP contribution in [0.15, 0.2) is 6.20 Å². The topological polar surface area (TPSA) is 39.1 Å². The van der Waals surface area contributed by atoms with Crippen LogP contribution in [0, 0.1) is 6.92 Å². The smallest absolute Gasteiger partial charge is 0.203 e. The highest BCUT2D eigenvalue weighted by atomic mass is 16.5. The van der Waals surface area contributed by atoms with Gasteiger partial charge in [0, 0.05) is 25.9 Å². The molecule has 1 aromatic rings. The van der Waals surface area contributed by atoms with Gasteiger partial charge in [0.25, 0.3) is 0 Å². The summed E-state index contributed by atoms with van der Waals surface area (Å²) in [4.78, 5) is 4.42. The zero-order valence-electron chi connectivity index (χ0n) is 9.92. The predicted molar refractivity (Wildman–Crippen MR) is 62.2 cm³/mol. The first-order valence-electron chi connectivity index (χ1n) is 5.63. The Morgan fingerprint density at radius 2 is 2.27 bits per heavy atom. The minimum absolute atomic E-state index is 0.731. The normalized spacial score (nSPS) is 10.6. The van der Waals surface area contributed by atoms with Crippen molar-refractivity contribution in [2.75, 3.05) is 25.1 Å². The third kappa shape index (κ3) is 3.91. The Hall–Kier alpha value is -1.03. The third-order valence-corrected chi connectivity index (χ3v) is 2.10. The molecule has 4 nitrogen and oxygen atoms in total. The van der Waals surface area contributed by atoms with Crippen molar-refractivity contribution in [3.8, 4) is 0 Å². The maximum atomic E-state index is 5.26. The molecule has 0 atom stereocenters. The van der Waals surface area contributed by atoms with Crippen LogP contribution in [0.3, 0.4) is 0 Å². The van der Waals surface area contributed by atoms with E-state index in [1.54, 1.807) is 0 Å². The summed E-state index contributed by atoms with van der Waals surface area (Å²) in [6.45, 7) is 9.51. The molecule has 86 valence electrons. The van der Waals surface area contributed by atoms with E-state index in [2.05, 4.69) is 28.0 Å². The summed E-state index contributed by atoms with van der Waals surface area (Å²) < 4.78 is 7.42. The van der Waals surface area contributed by atoms with Crippen LogP contribution in [0.1, 0.15) is 26.0 Å². The molecule has 0 saturated heterocycles. The van der Waals surface area contributed by atoms with Crippen molar-refractivity contribution >= 4 is 5.95 Å². The second kappa shape index (κ2) is 6.45. The van der Waals surface area contributed by atoms with E-state index in [1.165, 1.54) is 0 Å². The lowest BCUT2D eigenvalue weighted by atomic mass is 10.5. The van der Waals surface area contributed by atoms with Crippen LogP contribution in [0.25, 0.3) is 0 Å². The van der Waals surface area contributed by atoms with Gasteiger partial charge in [-0.15, -0.1) is 0 Å². The third-order valence-electron chi connectivity index (χ3n) is 2.10. The van der Waals surface area contributed by atoms with Gasteiger partial charge in [0.15, 0.2) is 0 Å². The van der Waals surface area contributed by atoms with Crippen LogP contribution >= 0.6 is 0 Å². The van der Waals surface area contributed by atoms with Crippen molar-refractivity contribution in [2.45, 2.75) is 33.7 Å². The molecule has 0 aromatic carbocycles. The van der Waals surface area contributed by atoms with E-state index >= 15 is 0 Å². The van der Waals surface area contributed by atoms with Gasteiger partial charge in [-0.2, -0.15) is 0 Å². The Kier molecular flexibility index (Phi) is 5.18. The molecule has 0 fully saturated rings. The number of nitrogens with zero attached hydrogens (tertiary/aromatic N) is 2. The number of anilines is 1. The average Bonchev–Trinajstić information content (AvgIpc) is 2.55. The van der Waals surface area contributed by atoms with Gasteiger partial charge < -0.3 is 14.6 Å². The van der Waals surface area contributed by atoms with Gasteiger partial charge in [0.1, 0.15) is 0 Å². The van der Waals surface area contributed by atoms with Gasteiger partial charge in [-0.05, 0) is 20.3 Å². The summed E-state index contributed by atoms with van der Waals surface area (Å²) in [6, 6.07) is 0. The second-order valence-corrected chi connectivity index (χ2v) is 3.52. The highest BCUT2D eigenvalue weighted by Gasteiger charge is 2.03. The van der Waals surface area contributed by atoms with E-state index in [9.17, 15) is 0 Å². The monoisotopic (exact) mass is 211 g/mol.